The molecule has 2 rings (SSSR count). The largest absolute Gasteiger partial charge is 0.413 e. The molecule has 3 amide bonds. The Hall–Kier alpha value is -3.23. The van der Waals surface area contributed by atoms with Crippen LogP contribution in [0.5, 0.6) is 5.75 Å². The van der Waals surface area contributed by atoms with E-state index in [2.05, 4.69) is 10.6 Å². The van der Waals surface area contributed by atoms with Crippen LogP contribution in [0, 0.1) is 0 Å². The summed E-state index contributed by atoms with van der Waals surface area (Å²) < 4.78 is 5.09. The van der Waals surface area contributed by atoms with Crippen LogP contribution in [0.4, 0.5) is 4.79 Å². The summed E-state index contributed by atoms with van der Waals surface area (Å²) in [6, 6.07) is 5.84. The maximum absolute atomic E-state index is 12.7. The number of likely N-dealkylation sites (tertiary alicyclic amines) is 1. The number of nitrogens with one attached hydrogen (secondary N) is 2. The molecule has 3 atom stereocenters. The number of hydrogen-bond acceptors (Lipinski definition) is 6. The molecule has 9 nitrogen and oxygen atoms in total. The molecule has 2 N–H and O–H groups in total. The lowest BCUT2D eigenvalue weighted by molar-refractivity contribution is -0.140. The van der Waals surface area contributed by atoms with E-state index < -0.39 is 36.0 Å². The molecule has 1 aliphatic heterocycles. The Kier molecular flexibility index (Phi) is 7.67. The van der Waals surface area contributed by atoms with Crippen molar-refractivity contribution in [3.05, 3.63) is 30.3 Å². The predicted molar refractivity (Wildman–Crippen MR) is 98.5 cm³/mol. The van der Waals surface area contributed by atoms with Gasteiger partial charge in [0.15, 0.2) is 0 Å². The Labute approximate surface area is 162 Å². The summed E-state index contributed by atoms with van der Waals surface area (Å²) >= 11 is 0. The van der Waals surface area contributed by atoms with E-state index in [1.54, 1.807) is 30.3 Å². The van der Waals surface area contributed by atoms with Crippen molar-refractivity contribution >= 4 is 30.5 Å². The highest BCUT2D eigenvalue weighted by molar-refractivity contribution is 5.92. The van der Waals surface area contributed by atoms with E-state index in [1.165, 1.54) is 11.8 Å². The minimum absolute atomic E-state index is 0.126. The number of amides is 3. The highest BCUT2D eigenvalue weighted by Crippen LogP contribution is 2.19. The second kappa shape index (κ2) is 10.2. The first-order valence-electron chi connectivity index (χ1n) is 8.99. The number of benzene rings is 1. The van der Waals surface area contributed by atoms with Crippen molar-refractivity contribution in [2.24, 2.45) is 0 Å². The molecule has 1 fully saturated rings. The normalized spacial score (nSPS) is 17.9. The van der Waals surface area contributed by atoms with E-state index >= 15 is 0 Å². The molecule has 0 unspecified atom stereocenters. The van der Waals surface area contributed by atoms with E-state index in [1.807, 2.05) is 0 Å². The second-order valence-electron chi connectivity index (χ2n) is 6.41. The Morgan fingerprint density at radius 1 is 1.21 bits per heavy atom. The van der Waals surface area contributed by atoms with Gasteiger partial charge >= 0.3 is 6.09 Å². The van der Waals surface area contributed by atoms with E-state index in [0.717, 1.165) is 0 Å². The lowest BCUT2D eigenvalue weighted by Crippen LogP contribution is -2.54. The van der Waals surface area contributed by atoms with Gasteiger partial charge in [-0.15, -0.1) is 0 Å². The molecule has 0 spiro atoms. The maximum atomic E-state index is 12.7. The Morgan fingerprint density at radius 3 is 2.57 bits per heavy atom. The van der Waals surface area contributed by atoms with Crippen molar-refractivity contribution in [1.82, 2.24) is 15.5 Å². The second-order valence-corrected chi connectivity index (χ2v) is 6.41. The summed E-state index contributed by atoms with van der Waals surface area (Å²) in [7, 11) is 0. The number of hydrogen-bond donors (Lipinski definition) is 2. The third-order valence-electron chi connectivity index (χ3n) is 4.34. The first-order chi connectivity index (χ1) is 13.5. The molecule has 0 radical (unpaired) electrons. The zero-order valence-electron chi connectivity index (χ0n) is 15.5. The van der Waals surface area contributed by atoms with Crippen molar-refractivity contribution in [3.8, 4) is 5.75 Å². The van der Waals surface area contributed by atoms with Crippen LogP contribution in [-0.2, 0) is 19.2 Å². The Morgan fingerprint density at radius 2 is 1.93 bits per heavy atom. The summed E-state index contributed by atoms with van der Waals surface area (Å²) in [5.74, 6) is -0.585. The molecule has 0 bridgehead atoms. The summed E-state index contributed by atoms with van der Waals surface area (Å²) in [6.07, 6.45) is 1.17. The van der Waals surface area contributed by atoms with Crippen LogP contribution in [0.3, 0.4) is 0 Å². The number of rotatable bonds is 8. The van der Waals surface area contributed by atoms with Gasteiger partial charge in [-0.05, 0) is 31.9 Å². The maximum Gasteiger partial charge on any atom is 0.413 e. The lowest BCUT2D eigenvalue weighted by Gasteiger charge is -2.27. The summed E-state index contributed by atoms with van der Waals surface area (Å²) in [5.41, 5.74) is 0. The number of aldehydes is 2. The zero-order chi connectivity index (χ0) is 20.5. The first kappa shape index (κ1) is 21.1. The molecule has 1 saturated heterocycles. The molecule has 0 saturated carbocycles. The minimum Gasteiger partial charge on any atom is -0.410 e. The fraction of sp³-hybridized carbons (Fsp3) is 0.421. The van der Waals surface area contributed by atoms with Gasteiger partial charge in [-0.25, -0.2) is 4.79 Å². The molecule has 28 heavy (non-hydrogen) atoms. The van der Waals surface area contributed by atoms with Crippen molar-refractivity contribution in [2.45, 2.75) is 44.3 Å². The van der Waals surface area contributed by atoms with Crippen LogP contribution < -0.4 is 15.4 Å². The fourth-order valence-corrected chi connectivity index (χ4v) is 2.95. The summed E-state index contributed by atoms with van der Waals surface area (Å²) in [4.78, 5) is 59.9. The van der Waals surface area contributed by atoms with Gasteiger partial charge in [-0.1, -0.05) is 18.2 Å². The molecule has 1 aromatic carbocycles. The Bertz CT molecular complexity index is 724. The van der Waals surface area contributed by atoms with E-state index in [0.29, 0.717) is 37.7 Å². The third kappa shape index (κ3) is 5.63. The molecular weight excluding hydrogens is 366 g/mol. The number of carbonyl (C=O) groups excluding carboxylic acids is 5. The van der Waals surface area contributed by atoms with Crippen molar-refractivity contribution in [1.29, 1.82) is 0 Å². The lowest BCUT2D eigenvalue weighted by atomic mass is 10.1. The van der Waals surface area contributed by atoms with Gasteiger partial charge in [0.05, 0.1) is 6.04 Å². The summed E-state index contributed by atoms with van der Waals surface area (Å²) in [6.45, 7) is 1.86. The van der Waals surface area contributed by atoms with E-state index in [4.69, 9.17) is 4.74 Å². The van der Waals surface area contributed by atoms with Gasteiger partial charge in [0.1, 0.15) is 30.4 Å². The summed E-state index contributed by atoms with van der Waals surface area (Å²) in [5, 5.41) is 4.91. The zero-order valence-corrected chi connectivity index (χ0v) is 15.5. The van der Waals surface area contributed by atoms with Crippen LogP contribution >= 0.6 is 0 Å². The monoisotopic (exact) mass is 389 g/mol. The van der Waals surface area contributed by atoms with E-state index in [-0.39, 0.29) is 6.42 Å². The number of para-hydroxylation sites is 1. The molecule has 0 aromatic heterocycles. The highest BCUT2D eigenvalue weighted by Gasteiger charge is 2.37. The SMILES string of the molecule is C[C@H](NC(=O)Oc1ccccc1)C(=O)N1CCC[C@H]1C(=O)N[C@H](C=O)CC=O. The van der Waals surface area contributed by atoms with Gasteiger partial charge in [0.2, 0.25) is 11.8 Å². The molecular formula is C19H23N3O6. The third-order valence-corrected chi connectivity index (χ3v) is 4.34. The number of ether oxygens (including phenoxy) is 1. The van der Waals surface area contributed by atoms with Crippen molar-refractivity contribution < 1.29 is 28.7 Å². The van der Waals surface area contributed by atoms with Gasteiger partial charge in [-0.2, -0.15) is 0 Å². The van der Waals surface area contributed by atoms with Crippen LogP contribution in [0.1, 0.15) is 26.2 Å². The standard InChI is InChI=1S/C19H23N3O6/c1-13(20-19(27)28-15-6-3-2-4-7-15)18(26)22-10-5-8-16(22)17(25)21-14(12-24)9-11-23/h2-4,6-7,11-14,16H,5,8-10H2,1H3,(H,20,27)(H,21,25)/t13-,14-,16-/m0/s1. The number of carbonyl (C=O) groups is 5. The topological polar surface area (TPSA) is 122 Å². The highest BCUT2D eigenvalue weighted by atomic mass is 16.6. The average Bonchev–Trinajstić information content (AvgIpc) is 3.17. The van der Waals surface area contributed by atoms with E-state index in [9.17, 15) is 24.0 Å². The van der Waals surface area contributed by atoms with Gasteiger partial charge in [-0.3, -0.25) is 9.59 Å². The molecule has 1 aromatic rings. The first-order valence-corrected chi connectivity index (χ1v) is 8.99. The molecule has 150 valence electrons. The van der Waals surface area contributed by atoms with Crippen molar-refractivity contribution in [3.63, 3.8) is 0 Å². The quantitative estimate of drug-likeness (QED) is 0.622. The molecule has 9 heteroatoms. The van der Waals surface area contributed by atoms with Crippen LogP contribution in [0.15, 0.2) is 30.3 Å². The van der Waals surface area contributed by atoms with Crippen LogP contribution in [0.25, 0.3) is 0 Å². The Balaban J connectivity index is 1.93. The number of nitrogens with zero attached hydrogens (tertiary/aromatic N) is 1. The van der Waals surface area contributed by atoms with Gasteiger partial charge in [0.25, 0.3) is 0 Å². The van der Waals surface area contributed by atoms with Crippen LogP contribution in [-0.4, -0.2) is 60.1 Å². The molecule has 1 aliphatic rings. The van der Waals surface area contributed by atoms with Gasteiger partial charge < -0.3 is 29.9 Å². The fourth-order valence-electron chi connectivity index (χ4n) is 2.95. The van der Waals surface area contributed by atoms with Crippen molar-refractivity contribution in [2.75, 3.05) is 6.54 Å². The molecule has 0 aliphatic carbocycles. The van der Waals surface area contributed by atoms with Gasteiger partial charge in [0, 0.05) is 13.0 Å². The average molecular weight is 389 g/mol. The predicted octanol–water partition coefficient (Wildman–Crippen LogP) is 0.427. The molecule has 1 heterocycles. The smallest absolute Gasteiger partial charge is 0.410 e. The van der Waals surface area contributed by atoms with Crippen LogP contribution in [0.2, 0.25) is 0 Å². The minimum atomic E-state index is -0.918.